The number of hydrogen-bond donors (Lipinski definition) is 0. The Morgan fingerprint density at radius 3 is 2.23 bits per heavy atom. The van der Waals surface area contributed by atoms with Crippen molar-refractivity contribution in [3.8, 4) is 10.9 Å². The van der Waals surface area contributed by atoms with Crippen molar-refractivity contribution in [2.45, 2.75) is 46.5 Å². The Balaban J connectivity index is 1.56. The lowest BCUT2D eigenvalue weighted by molar-refractivity contribution is -0.130. The maximum atomic E-state index is 12.5. The van der Waals surface area contributed by atoms with Gasteiger partial charge in [0.25, 0.3) is 5.19 Å². The number of ether oxygens (including phenoxy) is 1. The molecule has 0 spiro atoms. The third-order valence-electron chi connectivity index (χ3n) is 4.76. The molecular formula is C24H29N3O2S. The highest BCUT2D eigenvalue weighted by Gasteiger charge is 2.13. The molecule has 5 nitrogen and oxygen atoms in total. The van der Waals surface area contributed by atoms with Gasteiger partial charge in [0.1, 0.15) is 5.75 Å². The van der Waals surface area contributed by atoms with E-state index in [4.69, 9.17) is 4.74 Å². The van der Waals surface area contributed by atoms with Crippen LogP contribution in [-0.4, -0.2) is 33.3 Å². The molecule has 2 aromatic carbocycles. The summed E-state index contributed by atoms with van der Waals surface area (Å²) >= 11 is 1.25. The van der Waals surface area contributed by atoms with E-state index in [1.54, 1.807) is 0 Å². The summed E-state index contributed by atoms with van der Waals surface area (Å²) in [7, 11) is 0. The van der Waals surface area contributed by atoms with E-state index in [0.717, 1.165) is 37.3 Å². The Morgan fingerprint density at radius 2 is 1.60 bits per heavy atom. The van der Waals surface area contributed by atoms with Crippen LogP contribution in [0.25, 0.3) is 0 Å². The molecule has 0 aliphatic heterocycles. The monoisotopic (exact) mass is 423 g/mol. The summed E-state index contributed by atoms with van der Waals surface area (Å²) in [6, 6.07) is 16.0. The average molecular weight is 424 g/mol. The third kappa shape index (κ3) is 6.39. The minimum atomic E-state index is 0.178. The largest absolute Gasteiger partial charge is 0.430 e. The minimum absolute atomic E-state index is 0.178. The second-order valence-corrected chi connectivity index (χ2v) is 8.16. The molecule has 0 aliphatic rings. The Bertz CT molecular complexity index is 930. The molecule has 0 N–H and O–H groups in total. The number of nitrogens with zero attached hydrogens (tertiary/aromatic N) is 3. The fourth-order valence-electron chi connectivity index (χ4n) is 3.20. The molecule has 1 heterocycles. The van der Waals surface area contributed by atoms with Crippen molar-refractivity contribution in [1.82, 2.24) is 14.3 Å². The molecule has 0 saturated carbocycles. The van der Waals surface area contributed by atoms with Crippen LogP contribution in [-0.2, 0) is 17.6 Å². The average Bonchev–Trinajstić information content (AvgIpc) is 3.17. The first kappa shape index (κ1) is 22.0. The summed E-state index contributed by atoms with van der Waals surface area (Å²) in [6.07, 6.45) is 3.06. The summed E-state index contributed by atoms with van der Waals surface area (Å²) in [6.45, 7) is 7.90. The van der Waals surface area contributed by atoms with Gasteiger partial charge in [0, 0.05) is 31.0 Å². The van der Waals surface area contributed by atoms with Gasteiger partial charge in [-0.05, 0) is 43.0 Å². The number of carbonyl (C=O) groups is 1. The predicted molar refractivity (Wildman–Crippen MR) is 121 cm³/mol. The first-order valence-electron chi connectivity index (χ1n) is 10.5. The van der Waals surface area contributed by atoms with Crippen LogP contribution in [0.15, 0.2) is 48.5 Å². The van der Waals surface area contributed by atoms with Gasteiger partial charge >= 0.3 is 0 Å². The van der Waals surface area contributed by atoms with E-state index in [0.29, 0.717) is 23.8 Å². The van der Waals surface area contributed by atoms with E-state index in [1.165, 1.54) is 22.7 Å². The summed E-state index contributed by atoms with van der Waals surface area (Å²) in [5, 5.41) is 0.526. The molecule has 158 valence electrons. The van der Waals surface area contributed by atoms with Gasteiger partial charge in [0.15, 0.2) is 5.82 Å². The lowest BCUT2D eigenvalue weighted by Crippen LogP contribution is -2.33. The Kier molecular flexibility index (Phi) is 7.97. The molecule has 3 rings (SSSR count). The zero-order valence-electron chi connectivity index (χ0n) is 17.9. The van der Waals surface area contributed by atoms with E-state index < -0.39 is 0 Å². The van der Waals surface area contributed by atoms with Crippen LogP contribution in [0.4, 0.5) is 0 Å². The first-order chi connectivity index (χ1) is 14.6. The van der Waals surface area contributed by atoms with Gasteiger partial charge in [-0.3, -0.25) is 4.79 Å². The lowest BCUT2D eigenvalue weighted by Gasteiger charge is -2.21. The zero-order chi connectivity index (χ0) is 21.3. The van der Waals surface area contributed by atoms with Crippen molar-refractivity contribution >= 4 is 17.4 Å². The molecule has 0 unspecified atom stereocenters. The summed E-state index contributed by atoms with van der Waals surface area (Å²) in [5.74, 6) is 1.63. The van der Waals surface area contributed by atoms with E-state index >= 15 is 0 Å². The molecule has 6 heteroatoms. The van der Waals surface area contributed by atoms with Crippen LogP contribution in [0.3, 0.4) is 0 Å². The van der Waals surface area contributed by atoms with Gasteiger partial charge in [0.05, 0.1) is 6.42 Å². The fraction of sp³-hybridized carbons (Fsp3) is 0.375. The van der Waals surface area contributed by atoms with E-state index in [1.807, 2.05) is 29.2 Å². The summed E-state index contributed by atoms with van der Waals surface area (Å²) in [4.78, 5) is 18.9. The lowest BCUT2D eigenvalue weighted by atomic mass is 10.1. The molecule has 0 radical (unpaired) electrons. The van der Waals surface area contributed by atoms with Gasteiger partial charge in [-0.25, -0.2) is 0 Å². The van der Waals surface area contributed by atoms with Gasteiger partial charge in [-0.1, -0.05) is 55.8 Å². The van der Waals surface area contributed by atoms with Gasteiger partial charge in [-0.2, -0.15) is 9.36 Å². The Hall–Kier alpha value is -2.73. The highest BCUT2D eigenvalue weighted by Crippen LogP contribution is 2.24. The topological polar surface area (TPSA) is 55.3 Å². The molecule has 0 atom stereocenters. The van der Waals surface area contributed by atoms with Crippen LogP contribution < -0.4 is 4.74 Å². The van der Waals surface area contributed by atoms with Crippen molar-refractivity contribution in [3.05, 3.63) is 71.0 Å². The Morgan fingerprint density at radius 1 is 0.967 bits per heavy atom. The number of aromatic nitrogens is 2. The molecule has 1 amide bonds. The maximum absolute atomic E-state index is 12.5. The highest BCUT2D eigenvalue weighted by molar-refractivity contribution is 7.07. The van der Waals surface area contributed by atoms with Crippen LogP contribution >= 0.6 is 11.5 Å². The van der Waals surface area contributed by atoms with Crippen molar-refractivity contribution in [3.63, 3.8) is 0 Å². The summed E-state index contributed by atoms with van der Waals surface area (Å²) < 4.78 is 10.2. The van der Waals surface area contributed by atoms with Crippen LogP contribution in [0.1, 0.15) is 49.2 Å². The summed E-state index contributed by atoms with van der Waals surface area (Å²) in [5.41, 5.74) is 3.41. The number of rotatable bonds is 10. The number of hydrogen-bond acceptors (Lipinski definition) is 5. The fourth-order valence-corrected chi connectivity index (χ4v) is 3.77. The second kappa shape index (κ2) is 10.9. The molecule has 0 fully saturated rings. The molecular weight excluding hydrogens is 394 g/mol. The Labute approximate surface area is 182 Å². The van der Waals surface area contributed by atoms with E-state index in [2.05, 4.69) is 54.4 Å². The number of carbonyl (C=O) groups excluding carboxylic acids is 1. The molecule has 3 aromatic rings. The van der Waals surface area contributed by atoms with E-state index in [9.17, 15) is 4.79 Å². The maximum Gasteiger partial charge on any atom is 0.298 e. The van der Waals surface area contributed by atoms with Gasteiger partial charge in [0.2, 0.25) is 5.91 Å². The van der Waals surface area contributed by atoms with Crippen LogP contribution in [0, 0.1) is 6.92 Å². The SMILES string of the molecule is CCCN(CCC)C(=O)Cc1ccc(Oc2nc(Cc3ccc(C)cc3)ns2)cc1. The number of benzene rings is 2. The number of aryl methyl sites for hydroxylation is 1. The third-order valence-corrected chi connectivity index (χ3v) is 5.39. The first-order valence-corrected chi connectivity index (χ1v) is 11.3. The standard InChI is InChI=1S/C24H29N3O2S/c1-4-14-27(15-5-2)23(28)17-20-10-12-21(13-11-20)29-24-25-22(26-30-24)16-19-8-6-18(3)7-9-19/h6-13H,4-5,14-17H2,1-3H3. The van der Waals surface area contributed by atoms with Crippen molar-refractivity contribution < 1.29 is 9.53 Å². The van der Waals surface area contributed by atoms with Crippen molar-refractivity contribution in [2.75, 3.05) is 13.1 Å². The predicted octanol–water partition coefficient (Wildman–Crippen LogP) is 5.42. The van der Waals surface area contributed by atoms with Crippen LogP contribution in [0.5, 0.6) is 10.9 Å². The molecule has 0 bridgehead atoms. The quantitative estimate of drug-likeness (QED) is 0.437. The highest BCUT2D eigenvalue weighted by atomic mass is 32.1. The van der Waals surface area contributed by atoms with Crippen molar-refractivity contribution in [2.24, 2.45) is 0 Å². The molecule has 30 heavy (non-hydrogen) atoms. The van der Waals surface area contributed by atoms with Gasteiger partial charge in [-0.15, -0.1) is 0 Å². The van der Waals surface area contributed by atoms with E-state index in [-0.39, 0.29) is 5.91 Å². The smallest absolute Gasteiger partial charge is 0.298 e. The normalized spacial score (nSPS) is 10.8. The van der Waals surface area contributed by atoms with Gasteiger partial charge < -0.3 is 9.64 Å². The minimum Gasteiger partial charge on any atom is -0.430 e. The second-order valence-electron chi connectivity index (χ2n) is 7.44. The molecule has 0 aliphatic carbocycles. The zero-order valence-corrected chi connectivity index (χ0v) is 18.7. The molecule has 0 saturated heterocycles. The molecule has 1 aromatic heterocycles. The van der Waals surface area contributed by atoms with Crippen LogP contribution in [0.2, 0.25) is 0 Å². The number of amides is 1. The van der Waals surface area contributed by atoms with Crippen molar-refractivity contribution in [1.29, 1.82) is 0 Å².